The normalized spacial score (nSPS) is 24.2. The maximum absolute atomic E-state index is 14.3. The monoisotopic (exact) mass is 560 g/mol. The highest BCUT2D eigenvalue weighted by molar-refractivity contribution is 5.58. The van der Waals surface area contributed by atoms with Crippen molar-refractivity contribution in [3.8, 4) is 5.69 Å². The van der Waals surface area contributed by atoms with E-state index in [2.05, 4.69) is 15.1 Å². The molecule has 1 aromatic carbocycles. The largest absolute Gasteiger partial charge is 0.418 e. The van der Waals surface area contributed by atoms with Crippen LogP contribution in [0.25, 0.3) is 11.2 Å². The van der Waals surface area contributed by atoms with E-state index in [0.29, 0.717) is 24.1 Å². The standard InChI is InChI=1S/C28H31F3N6O2.FH/c1-18(35-9-4-5-10-35)19-11-23(28(29,30)31)24-16-36(26(38)37(24)15-19)21-8-6-7-20(12-21)27(13-22(14-27)39-3)25-33-32-17-34(25)2;/h6-8,11-12,15-18,22H,4-5,9-10,13-14H2,1-3H3;1H/q+1;/t18-,22?,27?;/m0./s1. The van der Waals surface area contributed by atoms with Crippen LogP contribution in [0.3, 0.4) is 0 Å². The third-order valence-electron chi connectivity index (χ3n) is 8.57. The molecular weight excluding hydrogens is 528 g/mol. The maximum atomic E-state index is 14.3. The van der Waals surface area contributed by atoms with Crippen molar-refractivity contribution in [2.45, 2.75) is 56.3 Å². The number of benzene rings is 1. The third kappa shape index (κ3) is 4.46. The van der Waals surface area contributed by atoms with Crippen molar-refractivity contribution >= 4 is 11.9 Å². The molecule has 0 unspecified atom stereocenters. The van der Waals surface area contributed by atoms with Crippen LogP contribution in [0.5, 0.6) is 0 Å². The Morgan fingerprint density at radius 3 is 2.50 bits per heavy atom. The predicted molar refractivity (Wildman–Crippen MR) is 142 cm³/mol. The number of halogens is 4. The topological polar surface area (TPSA) is 66.6 Å². The molecule has 213 valence electrons. The number of azo groups is 1. The third-order valence-corrected chi connectivity index (χ3v) is 8.57. The molecule has 2 aliphatic heterocycles. The minimum absolute atomic E-state index is 0. The number of nitrogens with zero attached hydrogens (tertiary/aromatic N) is 6. The van der Waals surface area contributed by atoms with Gasteiger partial charge in [0.1, 0.15) is 0 Å². The van der Waals surface area contributed by atoms with Gasteiger partial charge in [-0.1, -0.05) is 12.1 Å². The number of alkyl halides is 3. The van der Waals surface area contributed by atoms with Gasteiger partial charge >= 0.3 is 24.4 Å². The molecule has 1 saturated heterocycles. The molecule has 40 heavy (non-hydrogen) atoms. The number of pyridine rings is 1. The van der Waals surface area contributed by atoms with Crippen LogP contribution in [0.1, 0.15) is 55.3 Å². The Labute approximate surface area is 228 Å². The lowest BCUT2D eigenvalue weighted by Gasteiger charge is -2.46. The van der Waals surface area contributed by atoms with Crippen molar-refractivity contribution in [3.63, 3.8) is 0 Å². The summed E-state index contributed by atoms with van der Waals surface area (Å²) >= 11 is 0. The summed E-state index contributed by atoms with van der Waals surface area (Å²) in [4.78, 5) is 15.8. The zero-order chi connectivity index (χ0) is 27.5. The fourth-order valence-corrected chi connectivity index (χ4v) is 6.29. The Morgan fingerprint density at radius 2 is 1.88 bits per heavy atom. The number of fused-ring (bicyclic) bond motifs is 1. The number of ether oxygens (including phenoxy) is 1. The minimum atomic E-state index is -4.61. The molecule has 8 nitrogen and oxygen atoms in total. The Bertz CT molecular complexity index is 1530. The van der Waals surface area contributed by atoms with E-state index in [1.54, 1.807) is 25.7 Å². The van der Waals surface area contributed by atoms with E-state index in [1.165, 1.54) is 16.8 Å². The summed E-state index contributed by atoms with van der Waals surface area (Å²) in [5.41, 5.74) is -0.111. The number of aromatic nitrogens is 2. The van der Waals surface area contributed by atoms with Crippen LogP contribution >= 0.6 is 0 Å². The molecule has 1 saturated carbocycles. The summed E-state index contributed by atoms with van der Waals surface area (Å²) in [6, 6.07) is 8.35. The molecule has 1 aliphatic carbocycles. The van der Waals surface area contributed by atoms with Crippen molar-refractivity contribution in [1.82, 2.24) is 13.9 Å². The highest BCUT2D eigenvalue weighted by atomic mass is 19.4. The molecule has 2 aromatic heterocycles. The van der Waals surface area contributed by atoms with Gasteiger partial charge in [-0.2, -0.15) is 13.2 Å². The van der Waals surface area contributed by atoms with Crippen LogP contribution in [0.15, 0.2) is 57.7 Å². The number of likely N-dealkylation sites (N-methyl/N-ethyl adjacent to an activating group) is 1. The first-order valence-corrected chi connectivity index (χ1v) is 13.2. The molecule has 2 fully saturated rings. The van der Waals surface area contributed by atoms with Crippen molar-refractivity contribution in [2.24, 2.45) is 10.2 Å². The van der Waals surface area contributed by atoms with Crippen molar-refractivity contribution in [2.75, 3.05) is 27.2 Å². The van der Waals surface area contributed by atoms with Gasteiger partial charge in [-0.05, 0) is 80.1 Å². The van der Waals surface area contributed by atoms with E-state index < -0.39 is 22.8 Å². The fourth-order valence-electron chi connectivity index (χ4n) is 6.29. The summed E-state index contributed by atoms with van der Waals surface area (Å²) in [6.07, 6.45) is 4.13. The van der Waals surface area contributed by atoms with Gasteiger partial charge in [0.15, 0.2) is 0 Å². The highest BCUT2D eigenvalue weighted by Gasteiger charge is 2.58. The molecular formula is C28H32F4N6O2+. The quantitative estimate of drug-likeness (QED) is 0.312. The molecule has 0 amide bonds. The SMILES string of the molecule is COC1CC([C]2N=NC=[N+]2C)(c2cccc(-n3cc4c(C(F)(F)F)cc([C@H](C)N5CCCC5)cn4c3=O)c2)C1.F. The number of imidazole rings is 1. The van der Waals surface area contributed by atoms with Crippen molar-refractivity contribution in [3.05, 3.63) is 76.1 Å². The minimum Gasteiger partial charge on any atom is -0.381 e. The van der Waals surface area contributed by atoms with Gasteiger partial charge in [0.05, 0.1) is 40.4 Å². The molecule has 0 N–H and O–H groups in total. The van der Waals surface area contributed by atoms with Gasteiger partial charge < -0.3 is 4.74 Å². The molecule has 1 radical (unpaired) electrons. The smallest absolute Gasteiger partial charge is 0.381 e. The maximum Gasteiger partial charge on any atom is 0.418 e. The lowest BCUT2D eigenvalue weighted by Crippen LogP contribution is -2.51. The number of hydrogen-bond acceptors (Lipinski definition) is 5. The summed E-state index contributed by atoms with van der Waals surface area (Å²) < 4.78 is 52.6. The predicted octanol–water partition coefficient (Wildman–Crippen LogP) is 5.09. The van der Waals surface area contributed by atoms with E-state index in [-0.39, 0.29) is 22.4 Å². The summed E-state index contributed by atoms with van der Waals surface area (Å²) in [7, 11) is 3.55. The number of methoxy groups -OCH3 is 1. The number of hydrogen-bond donors (Lipinski definition) is 0. The van der Waals surface area contributed by atoms with Gasteiger partial charge in [-0.25, -0.2) is 9.37 Å². The van der Waals surface area contributed by atoms with Gasteiger partial charge in [-0.15, -0.1) is 0 Å². The van der Waals surface area contributed by atoms with Crippen LogP contribution in [0.2, 0.25) is 0 Å². The van der Waals surface area contributed by atoms with Gasteiger partial charge in [-0.3, -0.25) is 18.6 Å². The van der Waals surface area contributed by atoms with Gasteiger partial charge in [0.25, 0.3) is 0 Å². The molecule has 0 spiro atoms. The second-order valence-electron chi connectivity index (χ2n) is 10.8. The Morgan fingerprint density at radius 1 is 1.15 bits per heavy atom. The molecule has 4 heterocycles. The first kappa shape index (κ1) is 28.2. The van der Waals surface area contributed by atoms with Crippen LogP contribution in [-0.2, 0) is 16.3 Å². The van der Waals surface area contributed by atoms with Gasteiger partial charge in [0.2, 0.25) is 0 Å². The number of likely N-dealkylation sites (tertiary alicyclic amines) is 1. The Balaban J connectivity index is 0.00000323. The van der Waals surface area contributed by atoms with Crippen LogP contribution in [0, 0.1) is 6.17 Å². The fraction of sp³-hybridized carbons (Fsp3) is 0.464. The first-order chi connectivity index (χ1) is 18.6. The van der Waals surface area contributed by atoms with Gasteiger partial charge in [0, 0.05) is 25.5 Å². The first-order valence-electron chi connectivity index (χ1n) is 13.2. The van der Waals surface area contributed by atoms with Crippen LogP contribution in [0.4, 0.5) is 17.9 Å². The Kier molecular flexibility index (Phi) is 7.20. The van der Waals surface area contributed by atoms with Crippen molar-refractivity contribution in [1.29, 1.82) is 0 Å². The van der Waals surface area contributed by atoms with Crippen LogP contribution < -0.4 is 5.69 Å². The van der Waals surface area contributed by atoms with E-state index in [9.17, 15) is 18.0 Å². The zero-order valence-corrected chi connectivity index (χ0v) is 22.6. The summed E-state index contributed by atoms with van der Waals surface area (Å²) in [6.45, 7) is 3.57. The molecule has 6 rings (SSSR count). The molecule has 0 bridgehead atoms. The lowest BCUT2D eigenvalue weighted by atomic mass is 9.60. The summed E-state index contributed by atoms with van der Waals surface area (Å²) in [5, 5.41) is 8.42. The highest BCUT2D eigenvalue weighted by Crippen LogP contribution is 2.53. The average molecular weight is 561 g/mol. The zero-order valence-electron chi connectivity index (χ0n) is 22.6. The van der Waals surface area contributed by atoms with E-state index >= 15 is 0 Å². The van der Waals surface area contributed by atoms with E-state index in [0.717, 1.165) is 42.1 Å². The average Bonchev–Trinajstić information content (AvgIpc) is 3.64. The van der Waals surface area contributed by atoms with Crippen molar-refractivity contribution < 1.29 is 27.2 Å². The molecule has 3 aromatic rings. The molecule has 3 aliphatic rings. The Hall–Kier alpha value is -3.38. The molecule has 12 heteroatoms. The number of rotatable bonds is 6. The summed E-state index contributed by atoms with van der Waals surface area (Å²) in [5.74, 6) is 0. The van der Waals surface area contributed by atoms with E-state index in [4.69, 9.17) is 4.74 Å². The second-order valence-corrected chi connectivity index (χ2v) is 10.8. The van der Waals surface area contributed by atoms with E-state index in [1.807, 2.05) is 36.7 Å². The molecule has 1 atom stereocenters. The lowest BCUT2D eigenvalue weighted by molar-refractivity contribution is -0.489. The second kappa shape index (κ2) is 10.2. The van der Waals surface area contributed by atoms with Crippen LogP contribution in [-0.4, -0.2) is 58.1 Å².